The van der Waals surface area contributed by atoms with E-state index in [0.29, 0.717) is 11.9 Å². The van der Waals surface area contributed by atoms with Crippen LogP contribution in [0.15, 0.2) is 42.5 Å². The fourth-order valence-electron chi connectivity index (χ4n) is 3.28. The second-order valence-electron chi connectivity index (χ2n) is 6.11. The number of ether oxygens (including phenoxy) is 1. The van der Waals surface area contributed by atoms with Crippen molar-refractivity contribution in [1.82, 2.24) is 20.6 Å². The minimum atomic E-state index is 0.476. The zero-order chi connectivity index (χ0) is 16.5. The van der Waals surface area contributed by atoms with Gasteiger partial charge in [-0.1, -0.05) is 24.3 Å². The van der Waals surface area contributed by atoms with Crippen molar-refractivity contribution < 1.29 is 4.74 Å². The standard InChI is InChI=1S/C18H19N5O/c1-12-9-15-10-16(24-2)7-8-17(15)23(12)11-13-3-5-14(6-4-13)18-19-21-22-20-18/h3-8,10,12H,9,11H2,1-2H3,(H,19,20,21,22). The molecule has 1 aromatic heterocycles. The van der Waals surface area contributed by atoms with E-state index in [1.807, 2.05) is 18.2 Å². The van der Waals surface area contributed by atoms with Crippen LogP contribution in [0.1, 0.15) is 18.1 Å². The predicted molar refractivity (Wildman–Crippen MR) is 92.0 cm³/mol. The molecule has 1 aliphatic heterocycles. The molecule has 0 aliphatic carbocycles. The summed E-state index contributed by atoms with van der Waals surface area (Å²) in [4.78, 5) is 2.44. The van der Waals surface area contributed by atoms with E-state index in [4.69, 9.17) is 4.74 Å². The van der Waals surface area contributed by atoms with Crippen LogP contribution in [-0.4, -0.2) is 33.8 Å². The van der Waals surface area contributed by atoms with E-state index in [9.17, 15) is 0 Å². The molecule has 1 aliphatic rings. The minimum absolute atomic E-state index is 0.476. The zero-order valence-corrected chi connectivity index (χ0v) is 13.7. The van der Waals surface area contributed by atoms with Gasteiger partial charge in [-0.2, -0.15) is 5.21 Å². The first-order valence-corrected chi connectivity index (χ1v) is 8.01. The average molecular weight is 321 g/mol. The van der Waals surface area contributed by atoms with Crippen LogP contribution in [-0.2, 0) is 13.0 Å². The Morgan fingerprint density at radius 1 is 1.21 bits per heavy atom. The zero-order valence-electron chi connectivity index (χ0n) is 13.7. The van der Waals surface area contributed by atoms with Gasteiger partial charge in [-0.25, -0.2) is 0 Å². The fourth-order valence-corrected chi connectivity index (χ4v) is 3.28. The number of aromatic nitrogens is 4. The molecular weight excluding hydrogens is 302 g/mol. The van der Waals surface area contributed by atoms with Gasteiger partial charge in [0.2, 0.25) is 5.82 Å². The summed E-state index contributed by atoms with van der Waals surface area (Å²) in [5.41, 5.74) is 4.88. The number of rotatable bonds is 4. The summed E-state index contributed by atoms with van der Waals surface area (Å²) in [6.45, 7) is 3.15. The highest BCUT2D eigenvalue weighted by Gasteiger charge is 2.26. The van der Waals surface area contributed by atoms with Crippen molar-refractivity contribution in [1.29, 1.82) is 0 Å². The van der Waals surface area contributed by atoms with E-state index in [0.717, 1.165) is 24.3 Å². The molecule has 0 spiro atoms. The highest BCUT2D eigenvalue weighted by atomic mass is 16.5. The average Bonchev–Trinajstić information content (AvgIpc) is 3.24. The van der Waals surface area contributed by atoms with Gasteiger partial charge in [0.25, 0.3) is 0 Å². The number of nitrogens with zero attached hydrogens (tertiary/aromatic N) is 4. The summed E-state index contributed by atoms with van der Waals surface area (Å²) in [7, 11) is 1.71. The first-order chi connectivity index (χ1) is 11.7. The SMILES string of the molecule is COc1ccc2c(c1)CC(C)N2Cc1ccc(-c2nn[nH]n2)cc1. The second kappa shape index (κ2) is 5.96. The van der Waals surface area contributed by atoms with Gasteiger partial charge in [0.1, 0.15) is 5.75 Å². The summed E-state index contributed by atoms with van der Waals surface area (Å²) in [5, 5.41) is 14.1. The molecule has 1 N–H and O–H groups in total. The normalized spacial score (nSPS) is 16.2. The highest BCUT2D eigenvalue weighted by molar-refractivity contribution is 5.62. The number of tetrazole rings is 1. The third-order valence-corrected chi connectivity index (χ3v) is 4.55. The van der Waals surface area contributed by atoms with Gasteiger partial charge >= 0.3 is 0 Å². The topological polar surface area (TPSA) is 66.9 Å². The van der Waals surface area contributed by atoms with Crippen LogP contribution in [0, 0.1) is 0 Å². The molecule has 6 nitrogen and oxygen atoms in total. The lowest BCUT2D eigenvalue weighted by Crippen LogP contribution is -2.28. The number of hydrogen-bond acceptors (Lipinski definition) is 5. The summed E-state index contributed by atoms with van der Waals surface area (Å²) in [6.07, 6.45) is 1.05. The molecule has 1 unspecified atom stereocenters. The highest BCUT2D eigenvalue weighted by Crippen LogP contribution is 2.35. The second-order valence-corrected chi connectivity index (χ2v) is 6.11. The van der Waals surface area contributed by atoms with Crippen molar-refractivity contribution in [2.24, 2.45) is 0 Å². The number of hydrogen-bond donors (Lipinski definition) is 1. The Morgan fingerprint density at radius 3 is 2.75 bits per heavy atom. The molecular formula is C18H19N5O. The Hall–Kier alpha value is -2.89. The Balaban J connectivity index is 1.55. The van der Waals surface area contributed by atoms with E-state index in [2.05, 4.69) is 56.7 Å². The number of anilines is 1. The van der Waals surface area contributed by atoms with Crippen LogP contribution >= 0.6 is 0 Å². The monoisotopic (exact) mass is 321 g/mol. The van der Waals surface area contributed by atoms with Crippen LogP contribution in [0.4, 0.5) is 5.69 Å². The first-order valence-electron chi connectivity index (χ1n) is 8.01. The Bertz CT molecular complexity index is 829. The molecule has 4 rings (SSSR count). The molecule has 0 fully saturated rings. The number of H-pyrrole nitrogens is 1. The summed E-state index contributed by atoms with van der Waals surface area (Å²) in [6, 6.07) is 15.1. The molecule has 0 saturated carbocycles. The van der Waals surface area contributed by atoms with Gasteiger partial charge in [-0.15, -0.1) is 10.2 Å². The third-order valence-electron chi connectivity index (χ3n) is 4.55. The van der Waals surface area contributed by atoms with Crippen molar-refractivity contribution in [3.63, 3.8) is 0 Å². The Morgan fingerprint density at radius 2 is 2.04 bits per heavy atom. The maximum absolute atomic E-state index is 5.34. The molecule has 2 heterocycles. The smallest absolute Gasteiger partial charge is 0.204 e. The molecule has 2 aromatic carbocycles. The maximum atomic E-state index is 5.34. The predicted octanol–water partition coefficient (Wildman–Crippen LogP) is 2.83. The van der Waals surface area contributed by atoms with Crippen molar-refractivity contribution in [3.8, 4) is 17.1 Å². The lowest BCUT2D eigenvalue weighted by molar-refractivity contribution is 0.414. The Labute approximate surface area is 140 Å². The van der Waals surface area contributed by atoms with Crippen molar-refractivity contribution >= 4 is 5.69 Å². The van der Waals surface area contributed by atoms with Gasteiger partial charge in [0, 0.05) is 23.8 Å². The van der Waals surface area contributed by atoms with Crippen LogP contribution < -0.4 is 9.64 Å². The van der Waals surface area contributed by atoms with Crippen molar-refractivity contribution in [2.45, 2.75) is 25.9 Å². The molecule has 6 heteroatoms. The van der Waals surface area contributed by atoms with Crippen LogP contribution in [0.2, 0.25) is 0 Å². The largest absolute Gasteiger partial charge is 0.497 e. The molecule has 122 valence electrons. The molecule has 24 heavy (non-hydrogen) atoms. The van der Waals surface area contributed by atoms with Crippen molar-refractivity contribution in [3.05, 3.63) is 53.6 Å². The van der Waals surface area contributed by atoms with Crippen LogP contribution in [0.3, 0.4) is 0 Å². The molecule has 1 atom stereocenters. The van der Waals surface area contributed by atoms with Crippen molar-refractivity contribution in [2.75, 3.05) is 12.0 Å². The maximum Gasteiger partial charge on any atom is 0.204 e. The number of aromatic amines is 1. The van der Waals surface area contributed by atoms with Gasteiger partial charge in [-0.3, -0.25) is 0 Å². The van der Waals surface area contributed by atoms with Gasteiger partial charge in [0.05, 0.1) is 7.11 Å². The summed E-state index contributed by atoms with van der Waals surface area (Å²) >= 11 is 0. The molecule has 0 amide bonds. The van der Waals surface area contributed by atoms with E-state index in [1.54, 1.807) is 7.11 Å². The summed E-state index contributed by atoms with van der Waals surface area (Å²) in [5.74, 6) is 1.54. The van der Waals surface area contributed by atoms with E-state index >= 15 is 0 Å². The minimum Gasteiger partial charge on any atom is -0.497 e. The van der Waals surface area contributed by atoms with Gasteiger partial charge in [0.15, 0.2) is 0 Å². The molecule has 0 bridgehead atoms. The van der Waals surface area contributed by atoms with Gasteiger partial charge < -0.3 is 9.64 Å². The fraction of sp³-hybridized carbons (Fsp3) is 0.278. The number of nitrogens with one attached hydrogen (secondary N) is 1. The molecule has 0 radical (unpaired) electrons. The van der Waals surface area contributed by atoms with E-state index in [1.165, 1.54) is 16.8 Å². The van der Waals surface area contributed by atoms with Gasteiger partial charge in [-0.05, 0) is 47.9 Å². The Kier molecular flexibility index (Phi) is 3.65. The summed E-state index contributed by atoms with van der Waals surface area (Å²) < 4.78 is 5.34. The lowest BCUT2D eigenvalue weighted by atomic mass is 10.1. The molecule has 3 aromatic rings. The quantitative estimate of drug-likeness (QED) is 0.800. The van der Waals surface area contributed by atoms with Crippen LogP contribution in [0.5, 0.6) is 5.75 Å². The molecule has 0 saturated heterocycles. The first kappa shape index (κ1) is 14.7. The van der Waals surface area contributed by atoms with Crippen LogP contribution in [0.25, 0.3) is 11.4 Å². The van der Waals surface area contributed by atoms with E-state index in [-0.39, 0.29) is 0 Å². The number of benzene rings is 2. The lowest BCUT2D eigenvalue weighted by Gasteiger charge is -2.25. The third kappa shape index (κ3) is 2.60. The van der Waals surface area contributed by atoms with E-state index < -0.39 is 0 Å². The number of fused-ring (bicyclic) bond motifs is 1. The number of methoxy groups -OCH3 is 1.